The van der Waals surface area contributed by atoms with E-state index in [4.69, 9.17) is 16.3 Å². The van der Waals surface area contributed by atoms with Gasteiger partial charge >= 0.3 is 6.18 Å². The van der Waals surface area contributed by atoms with Gasteiger partial charge in [-0.3, -0.25) is 9.48 Å². The molecule has 0 aliphatic carbocycles. The standard InChI is InChI=1S/C13H19ClF3N3O2/c1-3-22-8-4-6-18-10(21)5-7-20-9(2)11(14)12(19-20)13(15,16)17/h3-8H2,1-2H3,(H,18,21). The topological polar surface area (TPSA) is 56.1 Å². The normalized spacial score (nSPS) is 11.7. The Kier molecular flexibility index (Phi) is 7.15. The molecule has 0 radical (unpaired) electrons. The van der Waals surface area contributed by atoms with Gasteiger partial charge in [0.2, 0.25) is 5.91 Å². The van der Waals surface area contributed by atoms with Gasteiger partial charge < -0.3 is 10.1 Å². The van der Waals surface area contributed by atoms with E-state index in [0.717, 1.165) is 4.68 Å². The highest BCUT2D eigenvalue weighted by molar-refractivity contribution is 6.31. The Morgan fingerprint density at radius 2 is 2.14 bits per heavy atom. The van der Waals surface area contributed by atoms with Crippen molar-refractivity contribution in [2.45, 2.75) is 39.4 Å². The molecule has 0 aliphatic rings. The third-order valence-corrected chi connectivity index (χ3v) is 3.40. The van der Waals surface area contributed by atoms with Crippen molar-refractivity contribution in [3.63, 3.8) is 0 Å². The van der Waals surface area contributed by atoms with Crippen molar-refractivity contribution in [3.8, 4) is 0 Å². The van der Waals surface area contributed by atoms with Crippen molar-refractivity contribution in [2.24, 2.45) is 0 Å². The molecule has 1 aromatic heterocycles. The first-order valence-corrected chi connectivity index (χ1v) is 7.29. The van der Waals surface area contributed by atoms with E-state index >= 15 is 0 Å². The lowest BCUT2D eigenvalue weighted by Crippen LogP contribution is -2.26. The van der Waals surface area contributed by atoms with Gasteiger partial charge in [0.25, 0.3) is 0 Å². The molecule has 0 spiro atoms. The summed E-state index contributed by atoms with van der Waals surface area (Å²) in [6, 6.07) is 0. The molecule has 1 heterocycles. The zero-order chi connectivity index (χ0) is 16.8. The van der Waals surface area contributed by atoms with E-state index in [9.17, 15) is 18.0 Å². The molecular formula is C13H19ClF3N3O2. The molecule has 0 aliphatic heterocycles. The number of hydrogen-bond acceptors (Lipinski definition) is 3. The number of nitrogens with one attached hydrogen (secondary N) is 1. The molecule has 9 heteroatoms. The summed E-state index contributed by atoms with van der Waals surface area (Å²) in [7, 11) is 0. The zero-order valence-corrected chi connectivity index (χ0v) is 13.2. The smallest absolute Gasteiger partial charge is 0.382 e. The highest BCUT2D eigenvalue weighted by Crippen LogP contribution is 2.35. The molecule has 126 valence electrons. The number of hydrogen-bond donors (Lipinski definition) is 1. The molecule has 0 saturated carbocycles. The molecule has 1 rings (SSSR count). The molecule has 0 unspecified atom stereocenters. The predicted molar refractivity (Wildman–Crippen MR) is 75.7 cm³/mol. The third-order valence-electron chi connectivity index (χ3n) is 2.94. The molecule has 5 nitrogen and oxygen atoms in total. The number of carbonyl (C=O) groups excluding carboxylic acids is 1. The lowest BCUT2D eigenvalue weighted by atomic mass is 10.3. The van der Waals surface area contributed by atoms with Gasteiger partial charge in [-0.2, -0.15) is 18.3 Å². The molecule has 22 heavy (non-hydrogen) atoms. The van der Waals surface area contributed by atoms with Crippen LogP contribution in [0.5, 0.6) is 0 Å². The maximum atomic E-state index is 12.7. The van der Waals surface area contributed by atoms with Crippen molar-refractivity contribution < 1.29 is 22.7 Å². The minimum absolute atomic E-state index is 0.0325. The van der Waals surface area contributed by atoms with Crippen LogP contribution in [0, 0.1) is 6.92 Å². The van der Waals surface area contributed by atoms with Gasteiger partial charge in [-0.1, -0.05) is 11.6 Å². The Morgan fingerprint density at radius 1 is 1.45 bits per heavy atom. The average molecular weight is 342 g/mol. The lowest BCUT2D eigenvalue weighted by molar-refractivity contribution is -0.141. The van der Waals surface area contributed by atoms with E-state index in [1.807, 2.05) is 6.92 Å². The van der Waals surface area contributed by atoms with Gasteiger partial charge in [-0.15, -0.1) is 0 Å². The number of halogens is 4. The van der Waals surface area contributed by atoms with Crippen molar-refractivity contribution >= 4 is 17.5 Å². The summed E-state index contributed by atoms with van der Waals surface area (Å²) >= 11 is 5.63. The zero-order valence-electron chi connectivity index (χ0n) is 12.5. The summed E-state index contributed by atoms with van der Waals surface area (Å²) in [4.78, 5) is 11.6. The monoisotopic (exact) mass is 341 g/mol. The van der Waals surface area contributed by atoms with Gasteiger partial charge in [0, 0.05) is 26.2 Å². The number of carbonyl (C=O) groups is 1. The molecule has 1 aromatic rings. The SMILES string of the molecule is CCOCCCNC(=O)CCn1nc(C(F)(F)F)c(Cl)c1C. The van der Waals surface area contributed by atoms with E-state index in [1.165, 1.54) is 6.92 Å². The number of aryl methyl sites for hydroxylation is 1. The van der Waals surface area contributed by atoms with E-state index in [2.05, 4.69) is 10.4 Å². The third kappa shape index (κ3) is 5.49. The largest absolute Gasteiger partial charge is 0.436 e. The first-order valence-electron chi connectivity index (χ1n) is 6.92. The fourth-order valence-electron chi connectivity index (χ4n) is 1.77. The molecule has 0 aromatic carbocycles. The Labute approximate surface area is 131 Å². The number of amides is 1. The average Bonchev–Trinajstić information content (AvgIpc) is 2.72. The van der Waals surface area contributed by atoms with Crippen LogP contribution in [-0.4, -0.2) is 35.4 Å². The van der Waals surface area contributed by atoms with Gasteiger partial charge in [0.05, 0.1) is 17.3 Å². The van der Waals surface area contributed by atoms with Gasteiger partial charge in [0.1, 0.15) is 0 Å². The summed E-state index contributed by atoms with van der Waals surface area (Å²) in [5, 5.41) is 5.67. The van der Waals surface area contributed by atoms with Crippen LogP contribution in [0.15, 0.2) is 0 Å². The van der Waals surface area contributed by atoms with Crippen LogP contribution in [0.4, 0.5) is 13.2 Å². The molecule has 1 N–H and O–H groups in total. The fourth-order valence-corrected chi connectivity index (χ4v) is 2.01. The number of alkyl halides is 3. The van der Waals surface area contributed by atoms with Gasteiger partial charge in [-0.25, -0.2) is 0 Å². The number of rotatable bonds is 8. The molecule has 0 fully saturated rings. The predicted octanol–water partition coefficient (Wildman–Crippen LogP) is 2.80. The summed E-state index contributed by atoms with van der Waals surface area (Å²) < 4.78 is 44.2. The van der Waals surface area contributed by atoms with Crippen molar-refractivity contribution in [2.75, 3.05) is 19.8 Å². The lowest BCUT2D eigenvalue weighted by Gasteiger charge is -2.07. The summed E-state index contributed by atoms with van der Waals surface area (Å²) in [5.41, 5.74) is -0.929. The highest BCUT2D eigenvalue weighted by Gasteiger charge is 2.38. The van der Waals surface area contributed by atoms with Crippen LogP contribution in [0.1, 0.15) is 31.2 Å². The van der Waals surface area contributed by atoms with Gasteiger partial charge in [0.15, 0.2) is 5.69 Å². The molecule has 0 bridgehead atoms. The van der Waals surface area contributed by atoms with E-state index in [0.29, 0.717) is 26.2 Å². The van der Waals surface area contributed by atoms with Crippen molar-refractivity contribution in [1.82, 2.24) is 15.1 Å². The molecular weight excluding hydrogens is 323 g/mol. The minimum Gasteiger partial charge on any atom is -0.382 e. The Morgan fingerprint density at radius 3 is 2.68 bits per heavy atom. The summed E-state index contributed by atoms with van der Waals surface area (Å²) in [6.45, 7) is 4.99. The van der Waals surface area contributed by atoms with Crippen LogP contribution in [0.2, 0.25) is 5.02 Å². The fraction of sp³-hybridized carbons (Fsp3) is 0.692. The van der Waals surface area contributed by atoms with Crippen LogP contribution >= 0.6 is 11.6 Å². The maximum Gasteiger partial charge on any atom is 0.436 e. The Bertz CT molecular complexity index is 503. The second-order valence-corrected chi connectivity index (χ2v) is 5.00. The molecule has 0 saturated heterocycles. The first kappa shape index (κ1) is 18.8. The molecule has 1 amide bonds. The Balaban J connectivity index is 2.46. The number of aromatic nitrogens is 2. The van der Waals surface area contributed by atoms with E-state index in [1.54, 1.807) is 0 Å². The summed E-state index contributed by atoms with van der Waals surface area (Å²) in [6.07, 6.45) is -3.89. The Hall–Kier alpha value is -1.28. The van der Waals surface area contributed by atoms with E-state index in [-0.39, 0.29) is 24.6 Å². The number of nitrogens with zero attached hydrogens (tertiary/aromatic N) is 2. The summed E-state index contributed by atoms with van der Waals surface area (Å²) in [5.74, 6) is -0.254. The minimum atomic E-state index is -4.60. The first-order chi connectivity index (χ1) is 10.3. The van der Waals surface area contributed by atoms with Crippen LogP contribution in [-0.2, 0) is 22.3 Å². The van der Waals surface area contributed by atoms with Gasteiger partial charge in [-0.05, 0) is 20.3 Å². The van der Waals surface area contributed by atoms with Crippen LogP contribution < -0.4 is 5.32 Å². The van der Waals surface area contributed by atoms with Crippen molar-refractivity contribution in [3.05, 3.63) is 16.4 Å². The van der Waals surface area contributed by atoms with E-state index < -0.39 is 16.9 Å². The number of ether oxygens (including phenoxy) is 1. The quantitative estimate of drug-likeness (QED) is 0.740. The maximum absolute atomic E-state index is 12.7. The second-order valence-electron chi connectivity index (χ2n) is 4.62. The van der Waals surface area contributed by atoms with Crippen LogP contribution in [0.3, 0.4) is 0 Å². The van der Waals surface area contributed by atoms with Crippen molar-refractivity contribution in [1.29, 1.82) is 0 Å². The molecule has 0 atom stereocenters. The second kappa shape index (κ2) is 8.38. The highest BCUT2D eigenvalue weighted by atomic mass is 35.5. The van der Waals surface area contributed by atoms with Crippen LogP contribution in [0.25, 0.3) is 0 Å².